The van der Waals surface area contributed by atoms with E-state index in [1.165, 1.54) is 0 Å². The Labute approximate surface area is 337 Å². The first-order chi connectivity index (χ1) is 28.7. The molecule has 0 heterocycles. The zero-order chi connectivity index (χ0) is 40.5. The van der Waals surface area contributed by atoms with E-state index in [4.69, 9.17) is 0 Å². The standard InChI is InChI=1S/C52H34O7/c53-46-41(38-19-9-15-32-13-6-7-18-37(32)38)47(54)48(55)43-40(36-25-24-29-12-4-5-14-33(29)27-36)45-44(49(56)51(58)52(59)50(45)57)39(42(43)46)35-17-8-16-34(26-35)31-22-20-30(21-23-31)28-10-2-1-3-11-28/h1-27,53-59H. The van der Waals surface area contributed by atoms with Gasteiger partial charge in [0, 0.05) is 32.7 Å². The average molecular weight is 771 g/mol. The van der Waals surface area contributed by atoms with E-state index in [-0.39, 0.29) is 38.2 Å². The van der Waals surface area contributed by atoms with E-state index in [0.717, 1.165) is 38.4 Å². The van der Waals surface area contributed by atoms with Gasteiger partial charge in [-0.1, -0.05) is 152 Å². The number of aromatic hydroxyl groups is 7. The van der Waals surface area contributed by atoms with Gasteiger partial charge >= 0.3 is 0 Å². The smallest absolute Gasteiger partial charge is 0.204 e. The van der Waals surface area contributed by atoms with Crippen LogP contribution < -0.4 is 0 Å². The normalized spacial score (nSPS) is 11.5. The van der Waals surface area contributed by atoms with Gasteiger partial charge in [0.15, 0.2) is 23.0 Å². The van der Waals surface area contributed by atoms with E-state index >= 15 is 0 Å². The van der Waals surface area contributed by atoms with Gasteiger partial charge < -0.3 is 35.7 Å². The molecule has 7 nitrogen and oxygen atoms in total. The molecule has 7 N–H and O–H groups in total. The first kappa shape index (κ1) is 35.3. The zero-order valence-corrected chi connectivity index (χ0v) is 31.2. The molecule has 0 fully saturated rings. The molecule has 0 aliphatic carbocycles. The molecule has 0 unspecified atom stereocenters. The summed E-state index contributed by atoms with van der Waals surface area (Å²) in [5.41, 5.74) is 5.17. The number of hydrogen-bond donors (Lipinski definition) is 7. The molecule has 59 heavy (non-hydrogen) atoms. The van der Waals surface area contributed by atoms with Crippen molar-refractivity contribution in [2.75, 3.05) is 0 Å². The van der Waals surface area contributed by atoms with Gasteiger partial charge in [-0.25, -0.2) is 0 Å². The molecule has 0 bridgehead atoms. The van der Waals surface area contributed by atoms with Crippen LogP contribution in [0.3, 0.4) is 0 Å². The zero-order valence-electron chi connectivity index (χ0n) is 31.2. The molecule has 0 atom stereocenters. The Kier molecular flexibility index (Phi) is 8.07. The molecule has 0 radical (unpaired) electrons. The van der Waals surface area contributed by atoms with Gasteiger partial charge in [-0.15, -0.1) is 0 Å². The third-order valence-electron chi connectivity index (χ3n) is 11.4. The molecule has 0 saturated carbocycles. The molecule has 0 aliphatic heterocycles. The van der Waals surface area contributed by atoms with E-state index in [1.807, 2.05) is 140 Å². The maximum absolute atomic E-state index is 12.8. The number of rotatable bonds is 5. The van der Waals surface area contributed by atoms with Gasteiger partial charge in [0.2, 0.25) is 11.5 Å². The highest BCUT2D eigenvalue weighted by atomic mass is 16.3. The van der Waals surface area contributed by atoms with Gasteiger partial charge in [-0.2, -0.15) is 0 Å². The molecular weight excluding hydrogens is 737 g/mol. The summed E-state index contributed by atoms with van der Waals surface area (Å²) >= 11 is 0. The molecule has 0 spiro atoms. The Morgan fingerprint density at radius 2 is 0.678 bits per heavy atom. The van der Waals surface area contributed by atoms with Crippen molar-refractivity contribution in [3.8, 4) is 95.9 Å². The highest BCUT2D eigenvalue weighted by molar-refractivity contribution is 6.30. The average Bonchev–Trinajstić information content (AvgIpc) is 3.28. The molecular formula is C52H34O7. The van der Waals surface area contributed by atoms with Crippen molar-refractivity contribution in [2.45, 2.75) is 0 Å². The van der Waals surface area contributed by atoms with Crippen LogP contribution >= 0.6 is 0 Å². The van der Waals surface area contributed by atoms with Crippen LogP contribution in [0.1, 0.15) is 0 Å². The minimum atomic E-state index is -0.977. The molecule has 10 rings (SSSR count). The number of phenolic OH excluding ortho intramolecular Hbond substituents is 7. The SMILES string of the molecule is Oc1c(O)c(O)c2c(-c3cccc(-c4ccc(-c5ccccc5)cc4)c3)c3c(O)c(-c4cccc5ccccc45)c(O)c(O)c3c(-c3ccc4ccccc4c3)c2c1O. The quantitative estimate of drug-likeness (QED) is 0.0525. The van der Waals surface area contributed by atoms with Crippen molar-refractivity contribution in [3.05, 3.63) is 164 Å². The van der Waals surface area contributed by atoms with E-state index in [1.54, 1.807) is 24.3 Å². The van der Waals surface area contributed by atoms with Gasteiger partial charge in [0.25, 0.3) is 0 Å². The van der Waals surface area contributed by atoms with Crippen molar-refractivity contribution in [1.29, 1.82) is 0 Å². The van der Waals surface area contributed by atoms with Gasteiger partial charge in [-0.3, -0.25) is 0 Å². The molecule has 7 heteroatoms. The van der Waals surface area contributed by atoms with Crippen molar-refractivity contribution in [1.82, 2.24) is 0 Å². The second-order valence-electron chi connectivity index (χ2n) is 14.7. The fourth-order valence-electron chi connectivity index (χ4n) is 8.59. The minimum Gasteiger partial charge on any atom is -0.506 e. The Bertz CT molecular complexity index is 3330. The summed E-state index contributed by atoms with van der Waals surface area (Å²) in [5.74, 6) is -5.12. The van der Waals surface area contributed by atoms with Crippen LogP contribution in [0, 0.1) is 0 Å². The van der Waals surface area contributed by atoms with Crippen molar-refractivity contribution in [2.24, 2.45) is 0 Å². The predicted octanol–water partition coefficient (Wildman–Crippen LogP) is 12.6. The first-order valence-corrected chi connectivity index (χ1v) is 19.0. The van der Waals surface area contributed by atoms with Crippen LogP contribution in [-0.2, 0) is 0 Å². The van der Waals surface area contributed by atoms with Crippen molar-refractivity contribution >= 4 is 43.1 Å². The summed E-state index contributed by atoms with van der Waals surface area (Å²) < 4.78 is 0. The lowest BCUT2D eigenvalue weighted by Crippen LogP contribution is -1.96. The Hall–Kier alpha value is -8.16. The lowest BCUT2D eigenvalue weighted by Gasteiger charge is -2.24. The van der Waals surface area contributed by atoms with Gasteiger partial charge in [-0.05, 0) is 72.6 Å². The number of hydrogen-bond acceptors (Lipinski definition) is 7. The predicted molar refractivity (Wildman–Crippen MR) is 235 cm³/mol. The van der Waals surface area contributed by atoms with E-state index < -0.39 is 40.2 Å². The van der Waals surface area contributed by atoms with Crippen LogP contribution in [-0.4, -0.2) is 35.7 Å². The van der Waals surface area contributed by atoms with Crippen LogP contribution in [0.2, 0.25) is 0 Å². The summed E-state index contributed by atoms with van der Waals surface area (Å²) in [6, 6.07) is 51.3. The summed E-state index contributed by atoms with van der Waals surface area (Å²) in [6.07, 6.45) is 0. The Morgan fingerprint density at radius 1 is 0.237 bits per heavy atom. The fourth-order valence-corrected chi connectivity index (χ4v) is 8.59. The highest BCUT2D eigenvalue weighted by Crippen LogP contribution is 2.62. The Balaban J connectivity index is 1.37. The monoisotopic (exact) mass is 770 g/mol. The maximum atomic E-state index is 12.8. The Morgan fingerprint density at radius 3 is 1.36 bits per heavy atom. The molecule has 10 aromatic carbocycles. The molecule has 0 aromatic heterocycles. The van der Waals surface area contributed by atoms with E-state index in [0.29, 0.717) is 22.1 Å². The summed E-state index contributed by atoms with van der Waals surface area (Å²) in [7, 11) is 0. The highest BCUT2D eigenvalue weighted by Gasteiger charge is 2.33. The number of benzene rings is 10. The maximum Gasteiger partial charge on any atom is 0.204 e. The van der Waals surface area contributed by atoms with E-state index in [2.05, 4.69) is 0 Å². The van der Waals surface area contributed by atoms with Crippen molar-refractivity contribution < 1.29 is 35.7 Å². The number of fused-ring (bicyclic) bond motifs is 4. The second kappa shape index (κ2) is 13.5. The van der Waals surface area contributed by atoms with Crippen LogP contribution in [0.4, 0.5) is 0 Å². The lowest BCUT2D eigenvalue weighted by atomic mass is 9.81. The summed E-state index contributed by atoms with van der Waals surface area (Å²) in [6.45, 7) is 0. The van der Waals surface area contributed by atoms with Crippen LogP contribution in [0.25, 0.3) is 98.7 Å². The molecule has 284 valence electrons. The fraction of sp³-hybridized carbons (Fsp3) is 0. The van der Waals surface area contributed by atoms with Crippen molar-refractivity contribution in [3.63, 3.8) is 0 Å². The second-order valence-corrected chi connectivity index (χ2v) is 14.7. The third-order valence-corrected chi connectivity index (χ3v) is 11.4. The van der Waals surface area contributed by atoms with Crippen LogP contribution in [0.5, 0.6) is 40.2 Å². The van der Waals surface area contributed by atoms with Gasteiger partial charge in [0.05, 0.1) is 5.56 Å². The third kappa shape index (κ3) is 5.44. The summed E-state index contributed by atoms with van der Waals surface area (Å²) in [4.78, 5) is 0. The van der Waals surface area contributed by atoms with Gasteiger partial charge in [0.1, 0.15) is 5.75 Å². The minimum absolute atomic E-state index is 0.0234. The molecule has 0 aliphatic rings. The lowest BCUT2D eigenvalue weighted by molar-refractivity contribution is 0.351. The topological polar surface area (TPSA) is 142 Å². The summed E-state index contributed by atoms with van der Waals surface area (Å²) in [5, 5.41) is 86.3. The number of phenols is 7. The molecule has 0 saturated heterocycles. The molecule has 0 amide bonds. The molecule has 10 aromatic rings. The van der Waals surface area contributed by atoms with Crippen LogP contribution in [0.15, 0.2) is 164 Å². The van der Waals surface area contributed by atoms with E-state index in [9.17, 15) is 35.7 Å². The first-order valence-electron chi connectivity index (χ1n) is 19.0. The largest absolute Gasteiger partial charge is 0.506 e.